The lowest BCUT2D eigenvalue weighted by Gasteiger charge is -2.38. The number of hydrogen-bond acceptors (Lipinski definition) is 1. The van der Waals surface area contributed by atoms with Gasteiger partial charge in [0, 0.05) is 0 Å². The first-order chi connectivity index (χ1) is 6.24. The second-order valence-electron chi connectivity index (χ2n) is 5.14. The van der Waals surface area contributed by atoms with Crippen LogP contribution in [0.15, 0.2) is 10.2 Å². The third kappa shape index (κ3) is 4.44. The highest BCUT2D eigenvalue weighted by Gasteiger charge is 2.38. The van der Waals surface area contributed by atoms with Crippen LogP contribution in [0.5, 0.6) is 0 Å². The molecule has 1 atom stereocenters. The van der Waals surface area contributed by atoms with Crippen molar-refractivity contribution in [3.8, 4) is 0 Å². The summed E-state index contributed by atoms with van der Waals surface area (Å²) < 4.78 is 8.29. The summed E-state index contributed by atoms with van der Waals surface area (Å²) in [6.07, 6.45) is 3.51. The Morgan fingerprint density at radius 2 is 1.86 bits per heavy atom. The predicted octanol–water partition coefficient (Wildman–Crippen LogP) is 4.74. The molecule has 0 saturated heterocycles. The maximum atomic E-state index is 6.24. The zero-order valence-electron chi connectivity index (χ0n) is 10.2. The first kappa shape index (κ1) is 14.6. The van der Waals surface area contributed by atoms with Crippen molar-refractivity contribution in [2.45, 2.75) is 58.4 Å². The Labute approximate surface area is 104 Å². The van der Waals surface area contributed by atoms with Crippen LogP contribution in [0.1, 0.15) is 34.1 Å². The molecule has 3 heteroatoms. The van der Waals surface area contributed by atoms with Gasteiger partial charge in [0.15, 0.2) is 8.32 Å². The quantitative estimate of drug-likeness (QED) is 0.536. The highest BCUT2D eigenvalue weighted by molar-refractivity contribution is 14.1. The average Bonchev–Trinajstić information content (AvgIpc) is 2.01. The van der Waals surface area contributed by atoms with E-state index in [0.29, 0.717) is 11.1 Å². The lowest BCUT2D eigenvalue weighted by atomic mass is 10.2. The lowest BCUT2D eigenvalue weighted by molar-refractivity contribution is 0.221. The molecule has 0 heterocycles. The molecule has 0 aromatic rings. The molecule has 0 rings (SSSR count). The Balaban J connectivity index is 4.47. The molecule has 0 N–H and O–H groups in total. The fraction of sp³-hybridized carbons (Fsp3) is 0.818. The molecule has 0 aromatic heterocycles. The SMILES string of the molecule is CC[C@@H](/C=C/I)O[Si](C)(C)C(C)(C)C. The summed E-state index contributed by atoms with van der Waals surface area (Å²) in [6, 6.07) is 0. The van der Waals surface area contributed by atoms with Crippen molar-refractivity contribution in [3.05, 3.63) is 10.2 Å². The van der Waals surface area contributed by atoms with Crippen molar-refractivity contribution in [1.82, 2.24) is 0 Å². The minimum Gasteiger partial charge on any atom is -0.411 e. The average molecular weight is 326 g/mol. The Kier molecular flexibility index (Phi) is 5.92. The molecule has 0 unspecified atom stereocenters. The van der Waals surface area contributed by atoms with E-state index >= 15 is 0 Å². The standard InChI is InChI=1S/C11H23IOSi/c1-7-10(8-9-12)13-14(5,6)11(2,3)4/h8-10H,7H2,1-6H3/b9-8+/t10-/m0/s1. The van der Waals surface area contributed by atoms with Crippen LogP contribution in [-0.4, -0.2) is 14.4 Å². The molecule has 0 bridgehead atoms. The van der Waals surface area contributed by atoms with Crippen LogP contribution >= 0.6 is 22.6 Å². The van der Waals surface area contributed by atoms with Gasteiger partial charge in [0.05, 0.1) is 6.10 Å². The minimum atomic E-state index is -1.58. The molecule has 0 radical (unpaired) electrons. The summed E-state index contributed by atoms with van der Waals surface area (Å²) in [5, 5.41) is 0.305. The molecular formula is C11H23IOSi. The third-order valence-corrected chi connectivity index (χ3v) is 7.86. The maximum Gasteiger partial charge on any atom is 0.192 e. The molecule has 0 aliphatic rings. The van der Waals surface area contributed by atoms with E-state index in [0.717, 1.165) is 6.42 Å². The van der Waals surface area contributed by atoms with Gasteiger partial charge in [-0.25, -0.2) is 0 Å². The van der Waals surface area contributed by atoms with Gasteiger partial charge in [-0.05, 0) is 28.6 Å². The molecule has 84 valence electrons. The van der Waals surface area contributed by atoms with Crippen LogP contribution in [0.4, 0.5) is 0 Å². The second-order valence-corrected chi connectivity index (χ2v) is 10.6. The van der Waals surface area contributed by atoms with E-state index in [1.807, 2.05) is 0 Å². The lowest BCUT2D eigenvalue weighted by Crippen LogP contribution is -2.43. The topological polar surface area (TPSA) is 9.23 Å². The Morgan fingerprint density at radius 1 is 1.36 bits per heavy atom. The van der Waals surface area contributed by atoms with Crippen LogP contribution in [-0.2, 0) is 4.43 Å². The summed E-state index contributed by atoms with van der Waals surface area (Å²) in [5.74, 6) is 0. The van der Waals surface area contributed by atoms with Gasteiger partial charge in [0.2, 0.25) is 0 Å². The van der Waals surface area contributed by atoms with E-state index in [9.17, 15) is 0 Å². The number of halogens is 1. The third-order valence-electron chi connectivity index (χ3n) is 2.94. The van der Waals surface area contributed by atoms with E-state index in [4.69, 9.17) is 4.43 Å². The van der Waals surface area contributed by atoms with Gasteiger partial charge in [-0.3, -0.25) is 0 Å². The molecular weight excluding hydrogens is 303 g/mol. The molecule has 0 amide bonds. The Bertz CT molecular complexity index is 194. The first-order valence-electron chi connectivity index (χ1n) is 5.19. The fourth-order valence-corrected chi connectivity index (χ4v) is 2.71. The molecule has 0 aliphatic carbocycles. The van der Waals surface area contributed by atoms with Gasteiger partial charge in [0.25, 0.3) is 0 Å². The largest absolute Gasteiger partial charge is 0.411 e. The van der Waals surface area contributed by atoms with Crippen molar-refractivity contribution in [3.63, 3.8) is 0 Å². The van der Waals surface area contributed by atoms with Crippen LogP contribution in [0, 0.1) is 0 Å². The predicted molar refractivity (Wildman–Crippen MR) is 75.5 cm³/mol. The Hall–Kier alpha value is 0.647. The van der Waals surface area contributed by atoms with Gasteiger partial charge in [-0.1, -0.05) is 56.4 Å². The van der Waals surface area contributed by atoms with Crippen molar-refractivity contribution in [2.24, 2.45) is 0 Å². The Morgan fingerprint density at radius 3 is 2.14 bits per heavy atom. The summed E-state index contributed by atoms with van der Waals surface area (Å²) in [4.78, 5) is 0. The smallest absolute Gasteiger partial charge is 0.192 e. The van der Waals surface area contributed by atoms with E-state index in [1.165, 1.54) is 0 Å². The molecule has 1 nitrogen and oxygen atoms in total. The zero-order valence-corrected chi connectivity index (χ0v) is 13.4. The number of rotatable bonds is 4. The van der Waals surface area contributed by atoms with Crippen molar-refractivity contribution >= 4 is 30.9 Å². The highest BCUT2D eigenvalue weighted by Crippen LogP contribution is 2.37. The van der Waals surface area contributed by atoms with Crippen LogP contribution in [0.25, 0.3) is 0 Å². The summed E-state index contributed by atoms with van der Waals surface area (Å²) >= 11 is 2.25. The van der Waals surface area contributed by atoms with Crippen LogP contribution < -0.4 is 0 Å². The van der Waals surface area contributed by atoms with Crippen molar-refractivity contribution in [1.29, 1.82) is 0 Å². The monoisotopic (exact) mass is 326 g/mol. The van der Waals surface area contributed by atoms with Crippen LogP contribution in [0.3, 0.4) is 0 Å². The maximum absolute atomic E-state index is 6.24. The van der Waals surface area contributed by atoms with E-state index in [-0.39, 0.29) is 0 Å². The van der Waals surface area contributed by atoms with Gasteiger partial charge in [0.1, 0.15) is 0 Å². The van der Waals surface area contributed by atoms with Gasteiger partial charge in [-0.2, -0.15) is 0 Å². The molecule has 14 heavy (non-hydrogen) atoms. The second kappa shape index (κ2) is 5.65. The van der Waals surface area contributed by atoms with Gasteiger partial charge >= 0.3 is 0 Å². The van der Waals surface area contributed by atoms with Crippen molar-refractivity contribution in [2.75, 3.05) is 0 Å². The summed E-state index contributed by atoms with van der Waals surface area (Å²) in [7, 11) is -1.58. The normalized spacial score (nSPS) is 16.2. The van der Waals surface area contributed by atoms with E-state index in [2.05, 4.69) is 73.5 Å². The zero-order chi connectivity index (χ0) is 11.4. The first-order valence-corrected chi connectivity index (χ1v) is 9.34. The molecule has 0 fully saturated rings. The summed E-state index contributed by atoms with van der Waals surface area (Å²) in [6.45, 7) is 13.6. The molecule has 0 aliphatic heterocycles. The fourth-order valence-electron chi connectivity index (χ4n) is 0.895. The number of hydrogen-bond donors (Lipinski definition) is 0. The minimum absolute atomic E-state index is 0.299. The molecule has 0 saturated carbocycles. The van der Waals surface area contributed by atoms with E-state index in [1.54, 1.807) is 0 Å². The molecule has 0 aromatic carbocycles. The highest BCUT2D eigenvalue weighted by atomic mass is 127. The molecule has 0 spiro atoms. The van der Waals surface area contributed by atoms with Gasteiger partial charge < -0.3 is 4.43 Å². The van der Waals surface area contributed by atoms with Crippen molar-refractivity contribution < 1.29 is 4.43 Å². The van der Waals surface area contributed by atoms with E-state index < -0.39 is 8.32 Å². The van der Waals surface area contributed by atoms with Gasteiger partial charge in [-0.15, -0.1) is 0 Å². The summed E-state index contributed by atoms with van der Waals surface area (Å²) in [5.41, 5.74) is 0. The van der Waals surface area contributed by atoms with Crippen LogP contribution in [0.2, 0.25) is 18.1 Å².